The summed E-state index contributed by atoms with van der Waals surface area (Å²) in [5.74, 6) is -9.20. The first-order valence-corrected chi connectivity index (χ1v) is 3.79. The van der Waals surface area contributed by atoms with E-state index in [0.29, 0.717) is 0 Å². The van der Waals surface area contributed by atoms with Crippen molar-refractivity contribution in [3.63, 3.8) is 0 Å². The SMILES string of the molecule is OC(O)=C(O)c1c(O)c(O)c(O)c(O)c1O. The highest BCUT2D eigenvalue weighted by atomic mass is 16.5. The van der Waals surface area contributed by atoms with Crippen LogP contribution in [0.1, 0.15) is 5.56 Å². The highest BCUT2D eigenvalue weighted by Crippen LogP contribution is 2.52. The van der Waals surface area contributed by atoms with Gasteiger partial charge in [0.1, 0.15) is 5.56 Å². The number of aliphatic hydroxyl groups is 3. The predicted octanol–water partition coefficient (Wildman–Crippen LogP) is 0.515. The zero-order valence-electron chi connectivity index (χ0n) is 7.58. The van der Waals surface area contributed by atoms with Gasteiger partial charge in [-0.15, -0.1) is 0 Å². The number of benzene rings is 1. The summed E-state index contributed by atoms with van der Waals surface area (Å²) in [5.41, 5.74) is -1.03. The van der Waals surface area contributed by atoms with Crippen LogP contribution in [0.5, 0.6) is 28.7 Å². The second-order valence-corrected chi connectivity index (χ2v) is 2.79. The van der Waals surface area contributed by atoms with Gasteiger partial charge >= 0.3 is 5.95 Å². The third kappa shape index (κ3) is 1.41. The highest BCUT2D eigenvalue weighted by molar-refractivity contribution is 5.79. The number of phenols is 5. The second kappa shape index (κ2) is 3.50. The molecule has 0 fully saturated rings. The molecule has 0 atom stereocenters. The van der Waals surface area contributed by atoms with Crippen LogP contribution in [-0.4, -0.2) is 40.9 Å². The molecule has 0 saturated heterocycles. The van der Waals surface area contributed by atoms with Crippen molar-refractivity contribution < 1.29 is 40.9 Å². The Balaban J connectivity index is 3.72. The lowest BCUT2D eigenvalue weighted by Gasteiger charge is -2.11. The molecule has 8 N–H and O–H groups in total. The van der Waals surface area contributed by atoms with Crippen LogP contribution in [0.2, 0.25) is 0 Å². The van der Waals surface area contributed by atoms with E-state index in [9.17, 15) is 10.2 Å². The van der Waals surface area contributed by atoms with Gasteiger partial charge in [-0.2, -0.15) is 0 Å². The average molecular weight is 232 g/mol. The van der Waals surface area contributed by atoms with Crippen LogP contribution in [-0.2, 0) is 0 Å². The molecule has 0 aliphatic rings. The molecule has 1 aromatic carbocycles. The fourth-order valence-corrected chi connectivity index (χ4v) is 1.02. The number of aliphatic hydroxyl groups excluding tert-OH is 2. The van der Waals surface area contributed by atoms with E-state index in [-0.39, 0.29) is 0 Å². The molecule has 0 bridgehead atoms. The van der Waals surface area contributed by atoms with Gasteiger partial charge in [-0.1, -0.05) is 0 Å². The van der Waals surface area contributed by atoms with Crippen molar-refractivity contribution in [1.82, 2.24) is 0 Å². The lowest BCUT2D eigenvalue weighted by molar-refractivity contribution is 0.180. The molecule has 1 rings (SSSR count). The smallest absolute Gasteiger partial charge is 0.319 e. The van der Waals surface area contributed by atoms with E-state index in [2.05, 4.69) is 0 Å². The molecule has 0 amide bonds. The van der Waals surface area contributed by atoms with Gasteiger partial charge in [0.05, 0.1) is 0 Å². The average Bonchev–Trinajstić information content (AvgIpc) is 2.23. The van der Waals surface area contributed by atoms with Crippen LogP contribution in [0.4, 0.5) is 0 Å². The summed E-state index contributed by atoms with van der Waals surface area (Å²) in [7, 11) is 0. The lowest BCUT2D eigenvalue weighted by atomic mass is 10.1. The normalized spacial score (nSPS) is 10.0. The molecular formula is C8H8O8. The zero-order valence-corrected chi connectivity index (χ0v) is 7.58. The number of aromatic hydroxyl groups is 5. The van der Waals surface area contributed by atoms with Crippen LogP contribution >= 0.6 is 0 Å². The number of hydrogen-bond acceptors (Lipinski definition) is 8. The van der Waals surface area contributed by atoms with Gasteiger partial charge in [-0.25, -0.2) is 0 Å². The van der Waals surface area contributed by atoms with E-state index in [4.69, 9.17) is 30.6 Å². The highest BCUT2D eigenvalue weighted by Gasteiger charge is 2.27. The van der Waals surface area contributed by atoms with Gasteiger partial charge in [0.25, 0.3) is 0 Å². The molecule has 0 heterocycles. The van der Waals surface area contributed by atoms with Crippen LogP contribution < -0.4 is 0 Å². The van der Waals surface area contributed by atoms with Crippen molar-refractivity contribution in [2.45, 2.75) is 0 Å². The molecule has 0 unspecified atom stereocenters. The van der Waals surface area contributed by atoms with Gasteiger partial charge in [-0.3, -0.25) is 0 Å². The molecule has 0 aliphatic heterocycles. The van der Waals surface area contributed by atoms with E-state index in [0.717, 1.165) is 0 Å². The van der Waals surface area contributed by atoms with Crippen LogP contribution in [0.25, 0.3) is 5.76 Å². The van der Waals surface area contributed by atoms with E-state index < -0.39 is 46.0 Å². The van der Waals surface area contributed by atoms with E-state index >= 15 is 0 Å². The topological polar surface area (TPSA) is 162 Å². The Kier molecular flexibility index (Phi) is 2.50. The van der Waals surface area contributed by atoms with Gasteiger partial charge in [0.15, 0.2) is 11.5 Å². The Morgan fingerprint density at radius 1 is 0.562 bits per heavy atom. The van der Waals surface area contributed by atoms with Crippen molar-refractivity contribution in [3.05, 3.63) is 11.5 Å². The van der Waals surface area contributed by atoms with Crippen molar-refractivity contribution in [1.29, 1.82) is 0 Å². The maximum Gasteiger partial charge on any atom is 0.319 e. The Bertz CT molecular complexity index is 442. The summed E-state index contributed by atoms with van der Waals surface area (Å²) in [6.07, 6.45) is 0. The largest absolute Gasteiger partial charge is 0.504 e. The third-order valence-electron chi connectivity index (χ3n) is 1.82. The second-order valence-electron chi connectivity index (χ2n) is 2.79. The molecule has 88 valence electrons. The van der Waals surface area contributed by atoms with Crippen LogP contribution in [0.3, 0.4) is 0 Å². The quantitative estimate of drug-likeness (QED) is 0.197. The predicted molar refractivity (Wildman–Crippen MR) is 49.6 cm³/mol. The summed E-state index contributed by atoms with van der Waals surface area (Å²) in [4.78, 5) is 0. The molecular weight excluding hydrogens is 224 g/mol. The number of rotatable bonds is 1. The molecule has 0 aliphatic carbocycles. The molecule has 8 nitrogen and oxygen atoms in total. The third-order valence-corrected chi connectivity index (χ3v) is 1.82. The Labute approximate surface area is 87.8 Å². The maximum absolute atomic E-state index is 9.21. The Morgan fingerprint density at radius 3 is 1.19 bits per heavy atom. The summed E-state index contributed by atoms with van der Waals surface area (Å²) >= 11 is 0. The van der Waals surface area contributed by atoms with E-state index in [1.54, 1.807) is 0 Å². The monoisotopic (exact) mass is 232 g/mol. The number of phenolic OH excluding ortho intramolecular Hbond substituents is 5. The first kappa shape index (κ1) is 11.4. The van der Waals surface area contributed by atoms with Crippen LogP contribution in [0, 0.1) is 0 Å². The molecule has 0 spiro atoms. The van der Waals surface area contributed by atoms with Gasteiger partial charge in [0, 0.05) is 0 Å². The molecule has 0 radical (unpaired) electrons. The van der Waals surface area contributed by atoms with Crippen molar-refractivity contribution in [3.8, 4) is 28.7 Å². The summed E-state index contributed by atoms with van der Waals surface area (Å²) in [5, 5.41) is 71.6. The van der Waals surface area contributed by atoms with Gasteiger partial charge in [-0.05, 0) is 0 Å². The summed E-state index contributed by atoms with van der Waals surface area (Å²) in [6, 6.07) is 0. The van der Waals surface area contributed by atoms with Crippen molar-refractivity contribution in [2.24, 2.45) is 0 Å². The molecule has 0 aromatic heterocycles. The maximum atomic E-state index is 9.21. The van der Waals surface area contributed by atoms with Gasteiger partial charge in [0.2, 0.25) is 23.0 Å². The molecule has 16 heavy (non-hydrogen) atoms. The van der Waals surface area contributed by atoms with Crippen LogP contribution in [0.15, 0.2) is 5.95 Å². The first-order valence-electron chi connectivity index (χ1n) is 3.79. The van der Waals surface area contributed by atoms with Crippen molar-refractivity contribution in [2.75, 3.05) is 0 Å². The summed E-state index contributed by atoms with van der Waals surface area (Å²) in [6.45, 7) is 0. The fraction of sp³-hybridized carbons (Fsp3) is 0. The van der Waals surface area contributed by atoms with E-state index in [1.807, 2.05) is 0 Å². The zero-order chi connectivity index (χ0) is 12.6. The Morgan fingerprint density at radius 2 is 0.875 bits per heavy atom. The number of hydrogen-bond donors (Lipinski definition) is 8. The molecule has 1 aromatic rings. The molecule has 0 saturated carbocycles. The minimum atomic E-state index is -1.66. The summed E-state index contributed by atoms with van der Waals surface area (Å²) < 4.78 is 0. The minimum Gasteiger partial charge on any atom is -0.504 e. The van der Waals surface area contributed by atoms with Gasteiger partial charge < -0.3 is 40.9 Å². The Hall–Kier alpha value is -2.64. The standard InChI is InChI=1S/C8H8O8/c9-2-1(4(11)8(15)16)3(10)6(13)7(14)5(2)12/h9-16H. The van der Waals surface area contributed by atoms with Crippen molar-refractivity contribution >= 4 is 5.76 Å². The first-order chi connectivity index (χ1) is 7.29. The molecule has 8 heteroatoms. The minimum absolute atomic E-state index is 1.03. The lowest BCUT2D eigenvalue weighted by Crippen LogP contribution is -1.92. The fourth-order valence-electron chi connectivity index (χ4n) is 1.02. The van der Waals surface area contributed by atoms with E-state index in [1.165, 1.54) is 0 Å².